The van der Waals surface area contributed by atoms with Crippen molar-refractivity contribution < 1.29 is 21.8 Å². The van der Waals surface area contributed by atoms with Crippen LogP contribution in [0.5, 0.6) is 0 Å². The van der Waals surface area contributed by atoms with Gasteiger partial charge in [-0.2, -0.15) is 8.42 Å². The van der Waals surface area contributed by atoms with E-state index in [9.17, 15) is 17.1 Å². The van der Waals surface area contributed by atoms with Gasteiger partial charge in [-0.05, 0) is 12.1 Å². The van der Waals surface area contributed by atoms with Crippen molar-refractivity contribution in [2.24, 2.45) is 0 Å². The lowest BCUT2D eigenvalue weighted by Gasteiger charge is -1.99. The summed E-state index contributed by atoms with van der Waals surface area (Å²) in [5.74, 6) is -0.912. The Morgan fingerprint density at radius 3 is 2.55 bits per heavy atom. The van der Waals surface area contributed by atoms with E-state index >= 15 is 0 Å². The molecule has 8 heteroatoms. The largest absolute Gasteiger partial charge is 0.465 e. The van der Waals surface area contributed by atoms with Crippen LogP contribution >= 0.6 is 22.9 Å². The van der Waals surface area contributed by atoms with Gasteiger partial charge in [-0.3, -0.25) is 0 Å². The summed E-state index contributed by atoms with van der Waals surface area (Å²) in [7, 11) is -3.93. The molecule has 0 N–H and O–H groups in total. The quantitative estimate of drug-likeness (QED) is 0.636. The topological polar surface area (TPSA) is 60.4 Å². The SMILES string of the molecule is COC(=O)c1sc(-c2ccccc2Cl)cc1S(=O)(=O)F. The Hall–Kier alpha value is -1.44. The predicted octanol–water partition coefficient (Wildman–Crippen LogP) is 3.51. The Labute approximate surface area is 124 Å². The maximum Gasteiger partial charge on any atom is 0.349 e. The molecule has 0 spiro atoms. The Bertz CT molecular complexity index is 768. The van der Waals surface area contributed by atoms with Gasteiger partial charge in [0.05, 0.1) is 7.11 Å². The van der Waals surface area contributed by atoms with Crippen molar-refractivity contribution in [3.63, 3.8) is 0 Å². The Morgan fingerprint density at radius 2 is 2.00 bits per heavy atom. The number of benzene rings is 1. The summed E-state index contributed by atoms with van der Waals surface area (Å²) in [5.41, 5.74) is 0.513. The average Bonchev–Trinajstić information content (AvgIpc) is 2.83. The smallest absolute Gasteiger partial charge is 0.349 e. The number of rotatable bonds is 3. The van der Waals surface area contributed by atoms with Crippen molar-refractivity contribution in [1.29, 1.82) is 0 Å². The number of carbonyl (C=O) groups is 1. The maximum atomic E-state index is 13.2. The Kier molecular flexibility index (Phi) is 4.12. The van der Waals surface area contributed by atoms with Crippen molar-refractivity contribution in [2.45, 2.75) is 4.90 Å². The molecular weight excluding hydrogens is 327 g/mol. The highest BCUT2D eigenvalue weighted by atomic mass is 35.5. The molecule has 106 valence electrons. The number of ether oxygens (including phenoxy) is 1. The summed E-state index contributed by atoms with van der Waals surface area (Å²) >= 11 is 6.80. The molecule has 0 bridgehead atoms. The molecule has 2 rings (SSSR count). The second-order valence-electron chi connectivity index (χ2n) is 3.71. The standard InChI is InChI=1S/C12H8ClFO4S2/c1-18-12(15)11-10(20(14,16)17)6-9(19-11)7-4-2-3-5-8(7)13/h2-6H,1H3. The summed E-state index contributed by atoms with van der Waals surface area (Å²) in [6.45, 7) is 0. The molecule has 0 radical (unpaired) electrons. The first-order valence-electron chi connectivity index (χ1n) is 5.26. The molecule has 4 nitrogen and oxygen atoms in total. The van der Waals surface area contributed by atoms with Crippen LogP contribution in [-0.4, -0.2) is 21.5 Å². The zero-order valence-corrected chi connectivity index (χ0v) is 12.5. The van der Waals surface area contributed by atoms with E-state index in [0.29, 0.717) is 15.5 Å². The van der Waals surface area contributed by atoms with Crippen molar-refractivity contribution >= 4 is 39.1 Å². The average molecular weight is 335 g/mol. The molecule has 0 aliphatic heterocycles. The molecule has 1 aromatic carbocycles. The van der Waals surface area contributed by atoms with Crippen molar-refractivity contribution in [2.75, 3.05) is 7.11 Å². The van der Waals surface area contributed by atoms with Crippen LogP contribution in [0, 0.1) is 0 Å². The van der Waals surface area contributed by atoms with E-state index in [4.69, 9.17) is 11.6 Å². The van der Waals surface area contributed by atoms with E-state index in [1.54, 1.807) is 24.3 Å². The molecule has 20 heavy (non-hydrogen) atoms. The molecule has 0 fully saturated rings. The molecule has 2 aromatic rings. The van der Waals surface area contributed by atoms with E-state index in [2.05, 4.69) is 4.74 Å². The molecule has 0 aliphatic carbocycles. The van der Waals surface area contributed by atoms with Crippen LogP contribution < -0.4 is 0 Å². The van der Waals surface area contributed by atoms with Crippen molar-refractivity contribution in [3.05, 3.63) is 40.2 Å². The highest BCUT2D eigenvalue weighted by Crippen LogP contribution is 2.38. The van der Waals surface area contributed by atoms with Crippen LogP contribution in [0.3, 0.4) is 0 Å². The van der Waals surface area contributed by atoms with Gasteiger partial charge in [0.15, 0.2) is 0 Å². The second-order valence-corrected chi connectivity index (χ2v) is 6.49. The van der Waals surface area contributed by atoms with E-state index < -0.39 is 21.1 Å². The summed E-state index contributed by atoms with van der Waals surface area (Å²) in [4.78, 5) is 10.9. The number of hydrogen-bond donors (Lipinski definition) is 0. The molecule has 0 saturated heterocycles. The van der Waals surface area contributed by atoms with Crippen LogP contribution in [0.1, 0.15) is 9.67 Å². The molecule has 1 heterocycles. The number of thiophene rings is 1. The van der Waals surface area contributed by atoms with E-state index in [-0.39, 0.29) is 4.88 Å². The highest BCUT2D eigenvalue weighted by molar-refractivity contribution is 7.86. The van der Waals surface area contributed by atoms with Gasteiger partial charge in [-0.25, -0.2) is 4.79 Å². The zero-order valence-electron chi connectivity index (χ0n) is 10.1. The first kappa shape index (κ1) is 15.0. The summed E-state index contributed by atoms with van der Waals surface area (Å²) in [6, 6.07) is 7.73. The summed E-state index contributed by atoms with van der Waals surface area (Å²) in [6.07, 6.45) is 0. The molecule has 0 amide bonds. The molecule has 0 saturated carbocycles. The zero-order chi connectivity index (χ0) is 14.9. The first-order chi connectivity index (χ1) is 9.34. The van der Waals surface area contributed by atoms with E-state index in [1.807, 2.05) is 0 Å². The lowest BCUT2D eigenvalue weighted by atomic mass is 10.2. The van der Waals surface area contributed by atoms with E-state index in [1.165, 1.54) is 0 Å². The van der Waals surface area contributed by atoms with Crippen molar-refractivity contribution in [3.8, 4) is 10.4 Å². The summed E-state index contributed by atoms with van der Waals surface area (Å²) < 4.78 is 39.9. The maximum absolute atomic E-state index is 13.2. The van der Waals surface area contributed by atoms with Crippen LogP contribution in [-0.2, 0) is 15.0 Å². The number of halogens is 2. The van der Waals surface area contributed by atoms with Gasteiger partial charge in [-0.1, -0.05) is 29.8 Å². The first-order valence-corrected chi connectivity index (χ1v) is 7.84. The minimum Gasteiger partial charge on any atom is -0.465 e. The monoisotopic (exact) mass is 334 g/mol. The normalized spacial score (nSPS) is 11.3. The Balaban J connectivity index is 2.67. The fourth-order valence-electron chi connectivity index (χ4n) is 1.58. The van der Waals surface area contributed by atoms with Gasteiger partial charge < -0.3 is 4.74 Å². The van der Waals surface area contributed by atoms with Gasteiger partial charge in [0.1, 0.15) is 9.77 Å². The number of carbonyl (C=O) groups excluding carboxylic acids is 1. The third-order valence-corrected chi connectivity index (χ3v) is 4.93. The van der Waals surface area contributed by atoms with Crippen LogP contribution in [0.25, 0.3) is 10.4 Å². The highest BCUT2D eigenvalue weighted by Gasteiger charge is 2.27. The van der Waals surface area contributed by atoms with Gasteiger partial charge in [-0.15, -0.1) is 15.2 Å². The number of esters is 1. The predicted molar refractivity (Wildman–Crippen MR) is 74.4 cm³/mol. The number of hydrogen-bond acceptors (Lipinski definition) is 5. The molecule has 1 aromatic heterocycles. The minimum atomic E-state index is -5.02. The van der Waals surface area contributed by atoms with Gasteiger partial charge in [0, 0.05) is 15.5 Å². The molecule has 0 atom stereocenters. The van der Waals surface area contributed by atoms with Gasteiger partial charge in [0.2, 0.25) is 0 Å². The third kappa shape index (κ3) is 2.84. The van der Waals surface area contributed by atoms with Crippen LogP contribution in [0.4, 0.5) is 3.89 Å². The van der Waals surface area contributed by atoms with E-state index in [0.717, 1.165) is 24.5 Å². The molecule has 0 unspecified atom stereocenters. The summed E-state index contributed by atoms with van der Waals surface area (Å²) in [5, 5.41) is 0.368. The number of methoxy groups -OCH3 is 1. The Morgan fingerprint density at radius 1 is 1.35 bits per heavy atom. The fourth-order valence-corrected chi connectivity index (χ4v) is 3.95. The minimum absolute atomic E-state index is 0.315. The lowest BCUT2D eigenvalue weighted by molar-refractivity contribution is 0.0602. The van der Waals surface area contributed by atoms with Gasteiger partial charge >= 0.3 is 16.2 Å². The lowest BCUT2D eigenvalue weighted by Crippen LogP contribution is -2.03. The molecular formula is C12H8ClFO4S2. The van der Waals surface area contributed by atoms with Crippen molar-refractivity contribution in [1.82, 2.24) is 0 Å². The van der Waals surface area contributed by atoms with Gasteiger partial charge in [0.25, 0.3) is 0 Å². The van der Waals surface area contributed by atoms with Crippen LogP contribution in [0.2, 0.25) is 5.02 Å². The second kappa shape index (κ2) is 5.51. The molecule has 0 aliphatic rings. The van der Waals surface area contributed by atoms with Crippen LogP contribution in [0.15, 0.2) is 35.2 Å². The fraction of sp³-hybridized carbons (Fsp3) is 0.0833. The third-order valence-electron chi connectivity index (χ3n) is 2.47.